The highest BCUT2D eigenvalue weighted by Crippen LogP contribution is 2.47. The minimum absolute atomic E-state index is 0. The second-order valence-corrected chi connectivity index (χ2v) is 6.30. The zero-order chi connectivity index (χ0) is 19.5. The number of carbonyl (C=O) groups excluding carboxylic acids is 3. The largest absolute Gasteiger partial charge is 0.506 e. The van der Waals surface area contributed by atoms with Crippen LogP contribution in [0.1, 0.15) is 50.6 Å². The zero-order valence-corrected chi connectivity index (χ0v) is 14.5. The Labute approximate surface area is 155 Å². The van der Waals surface area contributed by atoms with Gasteiger partial charge in [0, 0.05) is 23.5 Å². The van der Waals surface area contributed by atoms with Gasteiger partial charge in [-0.3, -0.25) is 14.4 Å². The Morgan fingerprint density at radius 1 is 0.963 bits per heavy atom. The van der Waals surface area contributed by atoms with Gasteiger partial charge in [0.25, 0.3) is 0 Å². The lowest BCUT2D eigenvalue weighted by Gasteiger charge is -2.22. The lowest BCUT2D eigenvalue weighted by molar-refractivity contribution is 0.0973. The molecule has 0 aliphatic heterocycles. The Morgan fingerprint density at radius 3 is 2.30 bits per heavy atom. The van der Waals surface area contributed by atoms with Crippen molar-refractivity contribution in [2.75, 3.05) is 7.11 Å². The van der Waals surface area contributed by atoms with Gasteiger partial charge in [0.05, 0.1) is 23.6 Å². The van der Waals surface area contributed by atoms with Crippen molar-refractivity contribution in [1.29, 1.82) is 0 Å². The van der Waals surface area contributed by atoms with E-state index in [-0.39, 0.29) is 51.5 Å². The number of hydrogen-bond acceptors (Lipinski definition) is 6. The van der Waals surface area contributed by atoms with E-state index in [1.54, 1.807) is 12.1 Å². The van der Waals surface area contributed by atoms with Gasteiger partial charge in [-0.05, 0) is 25.1 Å². The van der Waals surface area contributed by atoms with Gasteiger partial charge in [0.2, 0.25) is 0 Å². The van der Waals surface area contributed by atoms with E-state index in [1.165, 1.54) is 38.3 Å². The summed E-state index contributed by atoms with van der Waals surface area (Å²) in [7, 11) is 1.40. The number of rotatable bonds is 2. The van der Waals surface area contributed by atoms with E-state index in [9.17, 15) is 24.6 Å². The highest BCUT2D eigenvalue weighted by Gasteiger charge is 2.37. The first-order valence-corrected chi connectivity index (χ1v) is 8.15. The quantitative estimate of drug-likeness (QED) is 0.417. The summed E-state index contributed by atoms with van der Waals surface area (Å²) in [6.07, 6.45) is 0. The third-order valence-electron chi connectivity index (χ3n) is 4.83. The smallest absolute Gasteiger partial charge is 0.198 e. The molecule has 3 aromatic rings. The standard InChI is InChI=1S/C21H14O6.H2/c1-9(22)10-6-7-11-13(8-10)20(25)16-17(18(11)23)21(26)15-12(19(16)24)4-3-5-14(15)27-2;/h3-8,24,26H,1-2H3;1H. The Balaban J connectivity index is 0.00000225. The molecule has 0 fully saturated rings. The number of phenolic OH excluding ortho intramolecular Hbond substituents is 2. The number of fused-ring (bicyclic) bond motifs is 3. The molecule has 6 heteroatoms. The first kappa shape index (κ1) is 16.8. The topological polar surface area (TPSA) is 101 Å². The number of Topliss-reactive ketones (excluding diaryl/α,β-unsaturated/α-hetero) is 1. The van der Waals surface area contributed by atoms with Crippen LogP contribution in [0.15, 0.2) is 36.4 Å². The van der Waals surface area contributed by atoms with Crippen molar-refractivity contribution in [3.05, 3.63) is 64.2 Å². The van der Waals surface area contributed by atoms with Gasteiger partial charge in [-0.25, -0.2) is 0 Å². The first-order valence-electron chi connectivity index (χ1n) is 8.15. The number of carbonyl (C=O) groups is 3. The van der Waals surface area contributed by atoms with Gasteiger partial charge >= 0.3 is 0 Å². The molecule has 0 unspecified atom stereocenters. The molecular weight excluding hydrogens is 348 g/mol. The molecule has 3 aromatic carbocycles. The summed E-state index contributed by atoms with van der Waals surface area (Å²) in [5.41, 5.74) is -0.160. The summed E-state index contributed by atoms with van der Waals surface area (Å²) in [5.74, 6) is -2.04. The van der Waals surface area contributed by atoms with Crippen LogP contribution in [0.5, 0.6) is 17.2 Å². The molecule has 27 heavy (non-hydrogen) atoms. The van der Waals surface area contributed by atoms with Crippen molar-refractivity contribution >= 4 is 28.1 Å². The number of benzene rings is 3. The number of hydrogen-bond donors (Lipinski definition) is 2. The number of phenols is 2. The molecule has 1 aliphatic rings. The van der Waals surface area contributed by atoms with Gasteiger partial charge in [0.1, 0.15) is 17.2 Å². The van der Waals surface area contributed by atoms with E-state index in [4.69, 9.17) is 4.74 Å². The van der Waals surface area contributed by atoms with Crippen molar-refractivity contribution in [1.82, 2.24) is 0 Å². The summed E-state index contributed by atoms with van der Waals surface area (Å²) < 4.78 is 5.22. The molecule has 136 valence electrons. The molecule has 0 radical (unpaired) electrons. The maximum absolute atomic E-state index is 13.0. The fraction of sp³-hybridized carbons (Fsp3) is 0.0952. The number of methoxy groups -OCH3 is 1. The van der Waals surface area contributed by atoms with Crippen LogP contribution in [0, 0.1) is 0 Å². The third kappa shape index (κ3) is 2.16. The fourth-order valence-electron chi connectivity index (χ4n) is 3.50. The predicted molar refractivity (Wildman–Crippen MR) is 99.3 cm³/mol. The van der Waals surface area contributed by atoms with Crippen LogP contribution in [-0.2, 0) is 0 Å². The van der Waals surface area contributed by atoms with Crippen LogP contribution in [-0.4, -0.2) is 34.7 Å². The molecule has 0 spiro atoms. The number of ether oxygens (including phenoxy) is 1. The SMILES string of the molecule is COc1cccc2c(O)c3c(c(O)c12)C(=O)c1ccc(C(C)=O)cc1C3=O.[HH]. The lowest BCUT2D eigenvalue weighted by atomic mass is 9.80. The van der Waals surface area contributed by atoms with Crippen molar-refractivity contribution < 1.29 is 30.8 Å². The van der Waals surface area contributed by atoms with Crippen LogP contribution < -0.4 is 4.74 Å². The van der Waals surface area contributed by atoms with Gasteiger partial charge in [-0.15, -0.1) is 0 Å². The van der Waals surface area contributed by atoms with Crippen LogP contribution in [0.2, 0.25) is 0 Å². The van der Waals surface area contributed by atoms with Crippen LogP contribution in [0.4, 0.5) is 0 Å². The van der Waals surface area contributed by atoms with Crippen LogP contribution in [0.3, 0.4) is 0 Å². The highest BCUT2D eigenvalue weighted by atomic mass is 16.5. The fourth-order valence-corrected chi connectivity index (χ4v) is 3.50. The molecule has 0 aromatic heterocycles. The molecule has 0 heterocycles. The summed E-state index contributed by atoms with van der Waals surface area (Å²) in [6.45, 7) is 1.36. The van der Waals surface area contributed by atoms with Crippen molar-refractivity contribution in [2.24, 2.45) is 0 Å². The molecule has 0 bridgehead atoms. The molecule has 0 amide bonds. The molecule has 0 saturated carbocycles. The third-order valence-corrected chi connectivity index (χ3v) is 4.83. The van der Waals surface area contributed by atoms with Crippen molar-refractivity contribution in [3.8, 4) is 17.2 Å². The van der Waals surface area contributed by atoms with Gasteiger partial charge in [-0.2, -0.15) is 0 Å². The monoisotopic (exact) mass is 364 g/mol. The minimum Gasteiger partial charge on any atom is -0.506 e. The number of ketones is 3. The zero-order valence-electron chi connectivity index (χ0n) is 14.5. The van der Waals surface area contributed by atoms with Crippen molar-refractivity contribution in [2.45, 2.75) is 6.92 Å². The molecule has 1 aliphatic carbocycles. The van der Waals surface area contributed by atoms with E-state index in [2.05, 4.69) is 0 Å². The summed E-state index contributed by atoms with van der Waals surface area (Å²) in [5, 5.41) is 21.8. The van der Waals surface area contributed by atoms with E-state index >= 15 is 0 Å². The molecular formula is C21H16O6. The second-order valence-electron chi connectivity index (χ2n) is 6.30. The molecule has 0 atom stereocenters. The van der Waals surface area contributed by atoms with E-state index in [0.29, 0.717) is 0 Å². The van der Waals surface area contributed by atoms with Gasteiger partial charge < -0.3 is 14.9 Å². The Kier molecular flexibility index (Phi) is 3.52. The maximum Gasteiger partial charge on any atom is 0.198 e. The van der Waals surface area contributed by atoms with Crippen molar-refractivity contribution in [3.63, 3.8) is 0 Å². The van der Waals surface area contributed by atoms with E-state index < -0.39 is 23.1 Å². The Morgan fingerprint density at radius 2 is 1.63 bits per heavy atom. The Hall–Kier alpha value is -3.67. The Bertz CT molecular complexity index is 1200. The van der Waals surface area contributed by atoms with E-state index in [0.717, 1.165) is 0 Å². The second kappa shape index (κ2) is 5.67. The average Bonchev–Trinajstić information content (AvgIpc) is 2.67. The molecule has 2 N–H and O–H groups in total. The lowest BCUT2D eigenvalue weighted by Crippen LogP contribution is -2.22. The number of aromatic hydroxyl groups is 2. The van der Waals surface area contributed by atoms with Gasteiger partial charge in [-0.1, -0.05) is 18.2 Å². The van der Waals surface area contributed by atoms with Gasteiger partial charge in [0.15, 0.2) is 17.3 Å². The molecule has 4 rings (SSSR count). The maximum atomic E-state index is 13.0. The summed E-state index contributed by atoms with van der Waals surface area (Å²) in [6, 6.07) is 8.88. The average molecular weight is 364 g/mol. The van der Waals surface area contributed by atoms with E-state index in [1.807, 2.05) is 0 Å². The van der Waals surface area contributed by atoms with Crippen LogP contribution >= 0.6 is 0 Å². The molecule has 6 nitrogen and oxygen atoms in total. The minimum atomic E-state index is -0.625. The normalized spacial score (nSPS) is 12.7. The highest BCUT2D eigenvalue weighted by molar-refractivity contribution is 6.33. The first-order chi connectivity index (χ1) is 12.9. The van der Waals surface area contributed by atoms with Crippen LogP contribution in [0.25, 0.3) is 10.8 Å². The predicted octanol–water partition coefficient (Wildman–Crippen LogP) is 3.48. The summed E-state index contributed by atoms with van der Waals surface area (Å²) in [4.78, 5) is 37.7. The molecule has 0 saturated heterocycles. The summed E-state index contributed by atoms with van der Waals surface area (Å²) >= 11 is 0.